The van der Waals surface area contributed by atoms with Crippen LogP contribution < -0.4 is 5.32 Å². The number of rotatable bonds is 5. The minimum atomic E-state index is -0.231. The van der Waals surface area contributed by atoms with Gasteiger partial charge < -0.3 is 19.5 Å². The van der Waals surface area contributed by atoms with E-state index in [1.165, 1.54) is 0 Å². The van der Waals surface area contributed by atoms with Gasteiger partial charge in [0.1, 0.15) is 12.0 Å². The molecule has 6 nitrogen and oxygen atoms in total. The van der Waals surface area contributed by atoms with Crippen LogP contribution in [0.5, 0.6) is 0 Å². The van der Waals surface area contributed by atoms with Crippen molar-refractivity contribution in [2.24, 2.45) is 4.99 Å². The summed E-state index contributed by atoms with van der Waals surface area (Å²) >= 11 is 0. The number of aliphatic imine (C=N–C) groups is 1. The number of nitrogens with one attached hydrogen (secondary N) is 1. The van der Waals surface area contributed by atoms with Gasteiger partial charge in [-0.3, -0.25) is 4.99 Å². The topological polar surface area (TPSA) is 62.9 Å². The smallest absolute Gasteiger partial charge is 0.193 e. The first-order valence-electron chi connectivity index (χ1n) is 5.84. The normalized spacial score (nSPS) is 11.9. The number of guanidine groups is 1. The molecule has 0 bridgehead atoms. The highest BCUT2D eigenvalue weighted by molar-refractivity contribution is 14.0. The fraction of sp³-hybridized carbons (Fsp3) is 0.667. The van der Waals surface area contributed by atoms with E-state index in [1.54, 1.807) is 20.4 Å². The molecule has 0 saturated carbocycles. The van der Waals surface area contributed by atoms with Crippen molar-refractivity contribution in [1.29, 1.82) is 0 Å². The summed E-state index contributed by atoms with van der Waals surface area (Å²) in [7, 11) is 5.40. The predicted octanol–water partition coefficient (Wildman–Crippen LogP) is 1.72. The third kappa shape index (κ3) is 6.24. The molecular formula is C12H23IN4O2. The molecule has 1 heterocycles. The third-order valence-corrected chi connectivity index (χ3v) is 2.69. The van der Waals surface area contributed by atoms with Crippen LogP contribution in [-0.2, 0) is 11.3 Å². The second-order valence-corrected chi connectivity index (χ2v) is 4.71. The number of ether oxygens (including phenoxy) is 1. The van der Waals surface area contributed by atoms with Gasteiger partial charge in [-0.25, -0.2) is 0 Å². The average molecular weight is 382 g/mol. The lowest BCUT2D eigenvalue weighted by molar-refractivity contribution is 0.0264. The summed E-state index contributed by atoms with van der Waals surface area (Å²) in [5.74, 6) is 0.795. The minimum Gasteiger partial charge on any atom is -0.377 e. The lowest BCUT2D eigenvalue weighted by atomic mass is 10.1. The van der Waals surface area contributed by atoms with Crippen LogP contribution >= 0.6 is 24.0 Å². The number of hydrogen-bond acceptors (Lipinski definition) is 4. The zero-order chi connectivity index (χ0) is 13.6. The summed E-state index contributed by atoms with van der Waals surface area (Å²) in [6, 6.07) is 1.84. The standard InChI is InChI=1S/C12H22N4O2.HI/c1-12(2,17-5)9-14-11(13-3)16(4)8-10-6-7-18-15-10;/h6-7H,8-9H2,1-5H3,(H,13,14);1H. The van der Waals surface area contributed by atoms with Crippen molar-refractivity contribution in [3.8, 4) is 0 Å². The first-order valence-corrected chi connectivity index (χ1v) is 5.84. The van der Waals surface area contributed by atoms with Gasteiger partial charge in [-0.15, -0.1) is 24.0 Å². The molecule has 0 amide bonds. The van der Waals surface area contributed by atoms with Gasteiger partial charge in [0, 0.05) is 33.8 Å². The molecule has 19 heavy (non-hydrogen) atoms. The molecule has 1 N–H and O–H groups in total. The second-order valence-electron chi connectivity index (χ2n) is 4.71. The van der Waals surface area contributed by atoms with Crippen LogP contribution in [0.4, 0.5) is 0 Å². The highest BCUT2D eigenvalue weighted by Gasteiger charge is 2.18. The maximum atomic E-state index is 5.35. The van der Waals surface area contributed by atoms with Gasteiger partial charge in [0.15, 0.2) is 5.96 Å². The van der Waals surface area contributed by atoms with Gasteiger partial charge in [-0.05, 0) is 13.8 Å². The Morgan fingerprint density at radius 3 is 2.74 bits per heavy atom. The summed E-state index contributed by atoms with van der Waals surface area (Å²) in [5.41, 5.74) is 0.636. The zero-order valence-electron chi connectivity index (χ0n) is 12.1. The Morgan fingerprint density at radius 2 is 2.26 bits per heavy atom. The van der Waals surface area contributed by atoms with Crippen LogP contribution in [0.15, 0.2) is 21.8 Å². The Hall–Kier alpha value is -0.830. The van der Waals surface area contributed by atoms with E-state index in [9.17, 15) is 0 Å². The first-order chi connectivity index (χ1) is 8.48. The lowest BCUT2D eigenvalue weighted by Gasteiger charge is -2.27. The molecule has 1 aromatic heterocycles. The molecule has 7 heteroatoms. The fourth-order valence-electron chi connectivity index (χ4n) is 1.39. The number of aromatic nitrogens is 1. The van der Waals surface area contributed by atoms with Crippen molar-refractivity contribution in [1.82, 2.24) is 15.4 Å². The molecule has 0 unspecified atom stereocenters. The summed E-state index contributed by atoms with van der Waals surface area (Å²) in [5, 5.41) is 7.14. The zero-order valence-corrected chi connectivity index (χ0v) is 14.5. The molecule has 1 rings (SSSR count). The molecule has 1 aromatic rings. The quantitative estimate of drug-likeness (QED) is 0.478. The number of methoxy groups -OCH3 is 1. The second kappa shape index (κ2) is 8.36. The number of nitrogens with zero attached hydrogens (tertiary/aromatic N) is 3. The van der Waals surface area contributed by atoms with E-state index in [0.717, 1.165) is 11.7 Å². The van der Waals surface area contributed by atoms with Crippen molar-refractivity contribution in [3.05, 3.63) is 18.0 Å². The Bertz CT molecular complexity index is 379. The molecule has 0 aromatic carbocycles. The van der Waals surface area contributed by atoms with Gasteiger partial charge >= 0.3 is 0 Å². The van der Waals surface area contributed by atoms with Crippen LogP contribution in [0.2, 0.25) is 0 Å². The molecule has 0 spiro atoms. The number of halogens is 1. The van der Waals surface area contributed by atoms with Gasteiger partial charge in [-0.1, -0.05) is 5.16 Å². The van der Waals surface area contributed by atoms with E-state index >= 15 is 0 Å². The molecule has 0 fully saturated rings. The largest absolute Gasteiger partial charge is 0.377 e. The maximum absolute atomic E-state index is 5.35. The first kappa shape index (κ1) is 18.2. The summed E-state index contributed by atoms with van der Waals surface area (Å²) in [6.07, 6.45) is 1.56. The van der Waals surface area contributed by atoms with Crippen molar-refractivity contribution in [2.45, 2.75) is 26.0 Å². The van der Waals surface area contributed by atoms with Crippen molar-refractivity contribution < 1.29 is 9.26 Å². The van der Waals surface area contributed by atoms with Gasteiger partial charge in [-0.2, -0.15) is 0 Å². The Kier molecular flexibility index (Phi) is 8.00. The van der Waals surface area contributed by atoms with Crippen molar-refractivity contribution in [2.75, 3.05) is 27.7 Å². The molecule has 0 atom stereocenters. The predicted molar refractivity (Wildman–Crippen MR) is 85.8 cm³/mol. The molecule has 0 saturated heterocycles. The van der Waals surface area contributed by atoms with Crippen LogP contribution in [0, 0.1) is 0 Å². The van der Waals surface area contributed by atoms with Crippen LogP contribution in [-0.4, -0.2) is 49.4 Å². The Morgan fingerprint density at radius 1 is 1.58 bits per heavy atom. The van der Waals surface area contributed by atoms with Gasteiger partial charge in [0.25, 0.3) is 0 Å². The van der Waals surface area contributed by atoms with Crippen molar-refractivity contribution in [3.63, 3.8) is 0 Å². The molecular weight excluding hydrogens is 359 g/mol. The SMILES string of the molecule is CN=C(NCC(C)(C)OC)N(C)Cc1ccon1.I. The van der Waals surface area contributed by atoms with E-state index in [0.29, 0.717) is 13.1 Å². The Labute approximate surface area is 131 Å². The highest BCUT2D eigenvalue weighted by atomic mass is 127. The molecule has 0 aliphatic heterocycles. The highest BCUT2D eigenvalue weighted by Crippen LogP contribution is 2.05. The average Bonchev–Trinajstić information content (AvgIpc) is 2.82. The summed E-state index contributed by atoms with van der Waals surface area (Å²) in [6.45, 7) is 5.36. The van der Waals surface area contributed by atoms with E-state index in [2.05, 4.69) is 15.5 Å². The molecule has 110 valence electrons. The van der Waals surface area contributed by atoms with E-state index < -0.39 is 0 Å². The summed E-state index contributed by atoms with van der Waals surface area (Å²) < 4.78 is 10.2. The van der Waals surface area contributed by atoms with Gasteiger partial charge in [0.2, 0.25) is 0 Å². The van der Waals surface area contributed by atoms with Crippen LogP contribution in [0.3, 0.4) is 0 Å². The van der Waals surface area contributed by atoms with E-state index in [-0.39, 0.29) is 29.6 Å². The van der Waals surface area contributed by atoms with E-state index in [4.69, 9.17) is 9.26 Å². The summed E-state index contributed by atoms with van der Waals surface area (Å²) in [4.78, 5) is 6.20. The monoisotopic (exact) mass is 382 g/mol. The number of hydrogen-bond donors (Lipinski definition) is 1. The molecule has 0 aliphatic carbocycles. The minimum absolute atomic E-state index is 0. The Balaban J connectivity index is 0.00000324. The maximum Gasteiger partial charge on any atom is 0.193 e. The van der Waals surface area contributed by atoms with Crippen LogP contribution in [0.25, 0.3) is 0 Å². The third-order valence-electron chi connectivity index (χ3n) is 2.69. The lowest BCUT2D eigenvalue weighted by Crippen LogP contribution is -2.45. The molecule has 0 aliphatic rings. The van der Waals surface area contributed by atoms with Crippen molar-refractivity contribution >= 4 is 29.9 Å². The van der Waals surface area contributed by atoms with E-state index in [1.807, 2.05) is 31.9 Å². The van der Waals surface area contributed by atoms with Crippen LogP contribution in [0.1, 0.15) is 19.5 Å². The molecule has 0 radical (unpaired) electrons. The van der Waals surface area contributed by atoms with Gasteiger partial charge in [0.05, 0.1) is 12.1 Å². The fourth-order valence-corrected chi connectivity index (χ4v) is 1.39.